The van der Waals surface area contributed by atoms with E-state index in [1.807, 2.05) is 11.8 Å². The van der Waals surface area contributed by atoms with E-state index in [0.29, 0.717) is 0 Å². The molecule has 1 aromatic carbocycles. The van der Waals surface area contributed by atoms with Gasteiger partial charge in [0.2, 0.25) is 0 Å². The van der Waals surface area contributed by atoms with Gasteiger partial charge in [-0.1, -0.05) is 24.3 Å². The summed E-state index contributed by atoms with van der Waals surface area (Å²) in [5.41, 5.74) is 2.55. The van der Waals surface area contributed by atoms with Crippen LogP contribution in [0.4, 0.5) is 5.69 Å². The molecule has 1 aliphatic rings. The largest absolute Gasteiger partial charge is 0.364 e. The lowest BCUT2D eigenvalue weighted by molar-refractivity contribution is 0.832. The first-order chi connectivity index (χ1) is 10.3. The second-order valence-electron chi connectivity index (χ2n) is 4.89. The van der Waals surface area contributed by atoms with Gasteiger partial charge in [-0.2, -0.15) is 11.8 Å². The van der Waals surface area contributed by atoms with E-state index in [2.05, 4.69) is 63.2 Å². The van der Waals surface area contributed by atoms with E-state index in [9.17, 15) is 0 Å². The summed E-state index contributed by atoms with van der Waals surface area (Å²) in [6.07, 6.45) is 6.53. The monoisotopic (exact) mass is 304 g/mol. The first-order valence-corrected chi connectivity index (χ1v) is 8.65. The Morgan fingerprint density at radius 3 is 2.81 bits per heavy atom. The van der Waals surface area contributed by atoms with E-state index < -0.39 is 0 Å². The second kappa shape index (κ2) is 8.62. The average Bonchev–Trinajstić information content (AvgIpc) is 3.05. The minimum absolute atomic E-state index is 0.786. The maximum atomic E-state index is 4.24. The molecular weight excluding hydrogens is 280 g/mol. The first kappa shape index (κ1) is 15.8. The van der Waals surface area contributed by atoms with Crippen molar-refractivity contribution in [2.45, 2.75) is 6.54 Å². The summed E-state index contributed by atoms with van der Waals surface area (Å²) in [6.45, 7) is 3.73. The van der Waals surface area contributed by atoms with E-state index in [0.717, 1.165) is 37.9 Å². The maximum Gasteiger partial charge on any atom is 0.191 e. The Bertz CT molecular complexity index is 491. The van der Waals surface area contributed by atoms with Crippen molar-refractivity contribution in [2.24, 2.45) is 4.99 Å². The molecule has 0 radical (unpaired) electrons. The highest BCUT2D eigenvalue weighted by Crippen LogP contribution is 2.18. The summed E-state index contributed by atoms with van der Waals surface area (Å²) in [5, 5.41) is 6.67. The number of nitrogens with one attached hydrogen (secondary N) is 2. The van der Waals surface area contributed by atoms with Gasteiger partial charge in [-0.15, -0.1) is 0 Å². The van der Waals surface area contributed by atoms with Gasteiger partial charge in [-0.05, 0) is 24.0 Å². The molecule has 114 valence electrons. The molecule has 0 spiro atoms. The van der Waals surface area contributed by atoms with Gasteiger partial charge >= 0.3 is 0 Å². The van der Waals surface area contributed by atoms with Crippen molar-refractivity contribution in [1.29, 1.82) is 0 Å². The van der Waals surface area contributed by atoms with Crippen LogP contribution in [-0.4, -0.2) is 44.7 Å². The molecule has 0 aliphatic carbocycles. The normalized spacial score (nSPS) is 14.6. The molecule has 0 atom stereocenters. The van der Waals surface area contributed by atoms with E-state index in [-0.39, 0.29) is 0 Å². The summed E-state index contributed by atoms with van der Waals surface area (Å²) in [4.78, 5) is 6.60. The Hall–Kier alpha value is -1.62. The zero-order chi connectivity index (χ0) is 14.9. The fraction of sp³-hybridized carbons (Fsp3) is 0.438. The van der Waals surface area contributed by atoms with E-state index in [1.165, 1.54) is 11.3 Å². The number of hydrogen-bond acceptors (Lipinski definition) is 3. The van der Waals surface area contributed by atoms with E-state index in [1.54, 1.807) is 7.05 Å². The number of guanidine groups is 1. The van der Waals surface area contributed by atoms with Crippen LogP contribution in [-0.2, 0) is 6.54 Å². The summed E-state index contributed by atoms with van der Waals surface area (Å²) in [6, 6.07) is 8.68. The van der Waals surface area contributed by atoms with Crippen LogP contribution in [0.3, 0.4) is 0 Å². The lowest BCUT2D eigenvalue weighted by Crippen LogP contribution is -2.37. The number of anilines is 1. The molecule has 0 saturated heterocycles. The lowest BCUT2D eigenvalue weighted by atomic mass is 10.2. The van der Waals surface area contributed by atoms with Crippen molar-refractivity contribution in [1.82, 2.24) is 10.6 Å². The third-order valence-electron chi connectivity index (χ3n) is 3.38. The summed E-state index contributed by atoms with van der Waals surface area (Å²) < 4.78 is 0. The van der Waals surface area contributed by atoms with Crippen LogP contribution in [0.1, 0.15) is 5.56 Å². The van der Waals surface area contributed by atoms with Gasteiger partial charge in [-0.3, -0.25) is 4.99 Å². The summed E-state index contributed by atoms with van der Waals surface area (Å²) in [5.74, 6) is 1.94. The van der Waals surface area contributed by atoms with Gasteiger partial charge in [-0.25, -0.2) is 0 Å². The van der Waals surface area contributed by atoms with Crippen LogP contribution < -0.4 is 15.5 Å². The standard InChI is InChI=1S/C16H24N4S/c1-17-16(18-8-11-21-2)19-13-14-6-5-7-15(12-14)20-9-3-4-10-20/h3-7,12H,8-11,13H2,1-2H3,(H2,17,18,19). The molecule has 0 fully saturated rings. The summed E-state index contributed by atoms with van der Waals surface area (Å²) in [7, 11) is 1.81. The molecule has 5 heteroatoms. The fourth-order valence-corrected chi connectivity index (χ4v) is 2.54. The molecule has 1 heterocycles. The van der Waals surface area contributed by atoms with Crippen LogP contribution in [0.25, 0.3) is 0 Å². The van der Waals surface area contributed by atoms with Gasteiger partial charge < -0.3 is 15.5 Å². The Morgan fingerprint density at radius 2 is 2.10 bits per heavy atom. The zero-order valence-electron chi connectivity index (χ0n) is 12.8. The molecule has 1 aliphatic heterocycles. The van der Waals surface area contributed by atoms with Crippen molar-refractivity contribution >= 4 is 23.4 Å². The van der Waals surface area contributed by atoms with Crippen molar-refractivity contribution in [3.05, 3.63) is 42.0 Å². The number of thioether (sulfide) groups is 1. The van der Waals surface area contributed by atoms with Crippen LogP contribution in [0, 0.1) is 0 Å². The Balaban J connectivity index is 1.86. The van der Waals surface area contributed by atoms with Crippen molar-refractivity contribution in [3.8, 4) is 0 Å². The maximum absolute atomic E-state index is 4.24. The van der Waals surface area contributed by atoms with Crippen LogP contribution in [0.2, 0.25) is 0 Å². The highest BCUT2D eigenvalue weighted by Gasteiger charge is 2.07. The first-order valence-electron chi connectivity index (χ1n) is 7.26. The quantitative estimate of drug-likeness (QED) is 0.365. The van der Waals surface area contributed by atoms with Crippen molar-refractivity contribution in [3.63, 3.8) is 0 Å². The molecule has 21 heavy (non-hydrogen) atoms. The summed E-state index contributed by atoms with van der Waals surface area (Å²) >= 11 is 1.83. The molecule has 0 aromatic heterocycles. The Labute approximate surface area is 131 Å². The van der Waals surface area contributed by atoms with E-state index in [4.69, 9.17) is 0 Å². The fourth-order valence-electron chi connectivity index (χ4n) is 2.23. The highest BCUT2D eigenvalue weighted by atomic mass is 32.2. The Kier molecular flexibility index (Phi) is 6.47. The molecule has 2 rings (SSSR count). The van der Waals surface area contributed by atoms with Gasteiger partial charge in [0.1, 0.15) is 0 Å². The van der Waals surface area contributed by atoms with Crippen LogP contribution in [0.15, 0.2) is 41.4 Å². The number of aliphatic imine (C=N–C) groups is 1. The molecule has 0 saturated carbocycles. The predicted octanol–water partition coefficient (Wildman–Crippen LogP) is 2.09. The van der Waals surface area contributed by atoms with E-state index >= 15 is 0 Å². The van der Waals surface area contributed by atoms with Crippen LogP contribution in [0.5, 0.6) is 0 Å². The molecular formula is C16H24N4S. The number of hydrogen-bond donors (Lipinski definition) is 2. The zero-order valence-corrected chi connectivity index (χ0v) is 13.6. The number of benzene rings is 1. The predicted molar refractivity (Wildman–Crippen MR) is 94.4 cm³/mol. The smallest absolute Gasteiger partial charge is 0.191 e. The molecule has 0 bridgehead atoms. The minimum atomic E-state index is 0.786. The van der Waals surface area contributed by atoms with Crippen molar-refractivity contribution < 1.29 is 0 Å². The third kappa shape index (κ3) is 5.01. The van der Waals surface area contributed by atoms with Gasteiger partial charge in [0.15, 0.2) is 5.96 Å². The van der Waals surface area contributed by atoms with Gasteiger partial charge in [0.05, 0.1) is 0 Å². The van der Waals surface area contributed by atoms with Gasteiger partial charge in [0, 0.05) is 44.7 Å². The molecule has 2 N–H and O–H groups in total. The Morgan fingerprint density at radius 1 is 1.29 bits per heavy atom. The highest BCUT2D eigenvalue weighted by molar-refractivity contribution is 7.98. The molecule has 1 aromatic rings. The lowest BCUT2D eigenvalue weighted by Gasteiger charge is -2.19. The minimum Gasteiger partial charge on any atom is -0.364 e. The molecule has 0 amide bonds. The molecule has 4 nitrogen and oxygen atoms in total. The average molecular weight is 304 g/mol. The van der Waals surface area contributed by atoms with Crippen molar-refractivity contribution in [2.75, 3.05) is 43.6 Å². The number of nitrogens with zero attached hydrogens (tertiary/aromatic N) is 2. The SMILES string of the molecule is CN=C(NCCSC)NCc1cccc(N2CC=CC2)c1. The third-order valence-corrected chi connectivity index (χ3v) is 3.99. The number of rotatable bonds is 6. The van der Waals surface area contributed by atoms with Gasteiger partial charge in [0.25, 0.3) is 0 Å². The van der Waals surface area contributed by atoms with Crippen LogP contribution >= 0.6 is 11.8 Å². The molecule has 0 unspecified atom stereocenters. The second-order valence-corrected chi connectivity index (χ2v) is 5.88. The topological polar surface area (TPSA) is 39.7 Å².